The number of carbonyl (C=O) groups is 2. The van der Waals surface area contributed by atoms with Crippen LogP contribution in [0.2, 0.25) is 0 Å². The maximum Gasteiger partial charge on any atom is 0.412 e. The lowest BCUT2D eigenvalue weighted by atomic mass is 10.1. The Morgan fingerprint density at radius 3 is 2.38 bits per heavy atom. The summed E-state index contributed by atoms with van der Waals surface area (Å²) in [7, 11) is 0. The molecule has 21 heavy (non-hydrogen) atoms. The lowest BCUT2D eigenvalue weighted by Crippen LogP contribution is -2.27. The maximum atomic E-state index is 11.9. The third kappa shape index (κ3) is 4.66. The van der Waals surface area contributed by atoms with Crippen LogP contribution in [0.5, 0.6) is 5.75 Å². The number of ether oxygens (including phenoxy) is 2. The molecule has 0 atom stereocenters. The first kappa shape index (κ1) is 16.8. The topological polar surface area (TPSA) is 84.9 Å². The maximum absolute atomic E-state index is 11.9. The van der Waals surface area contributed by atoms with E-state index in [1.54, 1.807) is 40.7 Å². The van der Waals surface area contributed by atoms with Gasteiger partial charge in [0, 0.05) is 0 Å². The SMILES string of the molecule is CCOc1c(C(=O)O)ccc(C)c1NC(=O)OC(C)(C)C. The quantitative estimate of drug-likeness (QED) is 0.888. The molecular formula is C15H21NO5. The zero-order valence-electron chi connectivity index (χ0n) is 12.9. The number of amides is 1. The highest BCUT2D eigenvalue weighted by Crippen LogP contribution is 2.33. The van der Waals surface area contributed by atoms with E-state index in [1.807, 2.05) is 0 Å². The Bertz CT molecular complexity index is 546. The molecule has 0 spiro atoms. The minimum absolute atomic E-state index is 0.00601. The van der Waals surface area contributed by atoms with Crippen LogP contribution >= 0.6 is 0 Å². The van der Waals surface area contributed by atoms with Crippen LogP contribution < -0.4 is 10.1 Å². The monoisotopic (exact) mass is 295 g/mol. The fraction of sp³-hybridized carbons (Fsp3) is 0.467. The number of carboxylic acids is 1. The van der Waals surface area contributed by atoms with Gasteiger partial charge < -0.3 is 14.6 Å². The summed E-state index contributed by atoms with van der Waals surface area (Å²) in [6, 6.07) is 3.06. The van der Waals surface area contributed by atoms with E-state index in [9.17, 15) is 14.7 Å². The van der Waals surface area contributed by atoms with Crippen LogP contribution in [0.15, 0.2) is 12.1 Å². The summed E-state index contributed by atoms with van der Waals surface area (Å²) in [5.74, 6) is -0.985. The Labute approximate surface area is 124 Å². The second-order valence-electron chi connectivity index (χ2n) is 5.50. The summed E-state index contributed by atoms with van der Waals surface area (Å²) in [6.45, 7) is 9.02. The van der Waals surface area contributed by atoms with Crippen molar-refractivity contribution < 1.29 is 24.2 Å². The highest BCUT2D eigenvalue weighted by atomic mass is 16.6. The van der Waals surface area contributed by atoms with Gasteiger partial charge in [0.2, 0.25) is 0 Å². The molecule has 116 valence electrons. The number of aryl methyl sites for hydroxylation is 1. The van der Waals surface area contributed by atoms with Gasteiger partial charge >= 0.3 is 12.1 Å². The number of benzene rings is 1. The average molecular weight is 295 g/mol. The van der Waals surface area contributed by atoms with Crippen LogP contribution in [0.1, 0.15) is 43.6 Å². The summed E-state index contributed by atoms with van der Waals surface area (Å²) >= 11 is 0. The molecule has 0 aliphatic rings. The minimum Gasteiger partial charge on any atom is -0.491 e. The van der Waals surface area contributed by atoms with E-state index in [4.69, 9.17) is 9.47 Å². The first-order valence-electron chi connectivity index (χ1n) is 6.65. The molecule has 0 aliphatic heterocycles. The smallest absolute Gasteiger partial charge is 0.412 e. The predicted molar refractivity (Wildman–Crippen MR) is 79.2 cm³/mol. The van der Waals surface area contributed by atoms with Gasteiger partial charge in [-0.25, -0.2) is 9.59 Å². The first-order chi connectivity index (χ1) is 9.65. The third-order valence-electron chi connectivity index (χ3n) is 2.51. The van der Waals surface area contributed by atoms with E-state index in [1.165, 1.54) is 6.07 Å². The minimum atomic E-state index is -1.12. The lowest BCUT2D eigenvalue weighted by Gasteiger charge is -2.21. The zero-order chi connectivity index (χ0) is 16.2. The van der Waals surface area contributed by atoms with E-state index in [0.29, 0.717) is 11.3 Å². The molecule has 1 amide bonds. The number of hydrogen-bond donors (Lipinski definition) is 2. The second-order valence-corrected chi connectivity index (χ2v) is 5.50. The summed E-state index contributed by atoms with van der Waals surface area (Å²) in [5.41, 5.74) is 0.350. The van der Waals surface area contributed by atoms with Crippen molar-refractivity contribution in [2.45, 2.75) is 40.2 Å². The van der Waals surface area contributed by atoms with Crippen molar-refractivity contribution in [3.63, 3.8) is 0 Å². The molecule has 1 aromatic rings. The van der Waals surface area contributed by atoms with Crippen molar-refractivity contribution in [1.82, 2.24) is 0 Å². The highest BCUT2D eigenvalue weighted by Gasteiger charge is 2.22. The largest absolute Gasteiger partial charge is 0.491 e. The molecule has 0 aliphatic carbocycles. The molecule has 6 heteroatoms. The first-order valence-corrected chi connectivity index (χ1v) is 6.65. The van der Waals surface area contributed by atoms with Gasteiger partial charge in [-0.15, -0.1) is 0 Å². The average Bonchev–Trinajstić information content (AvgIpc) is 2.31. The molecule has 0 heterocycles. The van der Waals surface area contributed by atoms with Gasteiger partial charge in [-0.1, -0.05) is 6.07 Å². The van der Waals surface area contributed by atoms with E-state index in [0.717, 1.165) is 0 Å². The molecule has 6 nitrogen and oxygen atoms in total. The van der Waals surface area contributed by atoms with E-state index in [-0.39, 0.29) is 17.9 Å². The van der Waals surface area contributed by atoms with Crippen LogP contribution in [0.3, 0.4) is 0 Å². The predicted octanol–water partition coefficient (Wildman–Crippen LogP) is 3.44. The van der Waals surface area contributed by atoms with E-state index >= 15 is 0 Å². The van der Waals surface area contributed by atoms with E-state index in [2.05, 4.69) is 5.32 Å². The third-order valence-corrected chi connectivity index (χ3v) is 2.51. The van der Waals surface area contributed by atoms with Crippen molar-refractivity contribution in [2.24, 2.45) is 0 Å². The molecule has 0 aromatic heterocycles. The van der Waals surface area contributed by atoms with Crippen molar-refractivity contribution in [1.29, 1.82) is 0 Å². The number of carboxylic acid groups (broad SMARTS) is 1. The fourth-order valence-electron chi connectivity index (χ4n) is 1.70. The Hall–Kier alpha value is -2.24. The van der Waals surface area contributed by atoms with Gasteiger partial charge in [-0.3, -0.25) is 5.32 Å². The number of aromatic carboxylic acids is 1. The van der Waals surface area contributed by atoms with Crippen LogP contribution in [0, 0.1) is 6.92 Å². The van der Waals surface area contributed by atoms with Gasteiger partial charge in [0.15, 0.2) is 5.75 Å². The van der Waals surface area contributed by atoms with Gasteiger partial charge in [0.05, 0.1) is 12.3 Å². The van der Waals surface area contributed by atoms with Crippen LogP contribution in [-0.2, 0) is 4.74 Å². The highest BCUT2D eigenvalue weighted by molar-refractivity contribution is 5.97. The number of anilines is 1. The van der Waals surface area contributed by atoms with Gasteiger partial charge in [-0.05, 0) is 46.2 Å². The summed E-state index contributed by atoms with van der Waals surface area (Å²) in [4.78, 5) is 23.1. The number of hydrogen-bond acceptors (Lipinski definition) is 4. The number of rotatable bonds is 4. The summed E-state index contributed by atoms with van der Waals surface area (Å²) in [5, 5.41) is 11.8. The summed E-state index contributed by atoms with van der Waals surface area (Å²) < 4.78 is 10.6. The lowest BCUT2D eigenvalue weighted by molar-refractivity contribution is 0.0631. The molecule has 2 N–H and O–H groups in total. The molecule has 1 rings (SSSR count). The standard InChI is InChI=1S/C15H21NO5/c1-6-20-12-10(13(17)18)8-7-9(2)11(12)16-14(19)21-15(3,4)5/h7-8H,6H2,1-5H3,(H,16,19)(H,17,18). The van der Waals surface area contributed by atoms with Crippen molar-refractivity contribution in [3.05, 3.63) is 23.3 Å². The Balaban J connectivity index is 3.18. The van der Waals surface area contributed by atoms with Crippen LogP contribution in [0.4, 0.5) is 10.5 Å². The number of carbonyl (C=O) groups excluding carboxylic acids is 1. The molecule has 0 saturated heterocycles. The molecule has 0 unspecified atom stereocenters. The van der Waals surface area contributed by atoms with E-state index < -0.39 is 17.7 Å². The van der Waals surface area contributed by atoms with Crippen molar-refractivity contribution in [2.75, 3.05) is 11.9 Å². The van der Waals surface area contributed by atoms with Gasteiger partial charge in [0.1, 0.15) is 11.2 Å². The van der Waals surface area contributed by atoms with Crippen molar-refractivity contribution >= 4 is 17.7 Å². The molecule has 0 radical (unpaired) electrons. The Morgan fingerprint density at radius 2 is 1.90 bits per heavy atom. The normalized spacial score (nSPS) is 10.9. The van der Waals surface area contributed by atoms with Crippen LogP contribution in [0.25, 0.3) is 0 Å². The second kappa shape index (κ2) is 6.47. The fourth-order valence-corrected chi connectivity index (χ4v) is 1.70. The molecule has 0 bridgehead atoms. The molecule has 0 fully saturated rings. The molecule has 1 aromatic carbocycles. The van der Waals surface area contributed by atoms with Gasteiger partial charge in [-0.2, -0.15) is 0 Å². The summed E-state index contributed by atoms with van der Waals surface area (Å²) in [6.07, 6.45) is -0.658. The van der Waals surface area contributed by atoms with Crippen LogP contribution in [-0.4, -0.2) is 29.4 Å². The molecular weight excluding hydrogens is 274 g/mol. The zero-order valence-corrected chi connectivity index (χ0v) is 12.9. The Morgan fingerprint density at radius 1 is 1.29 bits per heavy atom. The van der Waals surface area contributed by atoms with Crippen molar-refractivity contribution in [3.8, 4) is 5.75 Å². The van der Waals surface area contributed by atoms with Gasteiger partial charge in [0.25, 0.3) is 0 Å². The molecule has 0 saturated carbocycles. The number of nitrogens with one attached hydrogen (secondary N) is 1. The Kier molecular flexibility index (Phi) is 5.18.